The zero-order chi connectivity index (χ0) is 16.2. The maximum Gasteiger partial charge on any atom is 0.303 e. The van der Waals surface area contributed by atoms with Crippen LogP contribution in [0.1, 0.15) is 20.8 Å². The lowest BCUT2D eigenvalue weighted by atomic mass is 10.0. The van der Waals surface area contributed by atoms with Crippen molar-refractivity contribution < 1.29 is 42.1 Å². The van der Waals surface area contributed by atoms with E-state index in [-0.39, 0.29) is 0 Å². The van der Waals surface area contributed by atoms with E-state index in [4.69, 9.17) is 9.47 Å². The van der Waals surface area contributed by atoms with Gasteiger partial charge in [0.15, 0.2) is 18.4 Å². The van der Waals surface area contributed by atoms with Gasteiger partial charge >= 0.3 is 17.9 Å². The van der Waals surface area contributed by atoms with E-state index in [1.807, 2.05) is 0 Å². The predicted molar refractivity (Wildman–Crippen MR) is 62.4 cm³/mol. The molecule has 1 aliphatic rings. The Morgan fingerprint density at radius 2 is 1.48 bits per heavy atom. The van der Waals surface area contributed by atoms with Crippen molar-refractivity contribution in [2.45, 2.75) is 51.6 Å². The van der Waals surface area contributed by atoms with Gasteiger partial charge in [-0.25, -0.2) is 8.78 Å². The van der Waals surface area contributed by atoms with E-state index in [1.54, 1.807) is 0 Å². The van der Waals surface area contributed by atoms with Gasteiger partial charge < -0.3 is 18.9 Å². The average Bonchev–Trinajstić information content (AvgIpc) is 2.35. The number of carbonyl (C=O) groups excluding carboxylic acids is 3. The Labute approximate surface area is 119 Å². The predicted octanol–water partition coefficient (Wildman–Crippen LogP) is 0.445. The molecule has 120 valence electrons. The van der Waals surface area contributed by atoms with Crippen LogP contribution in [0.5, 0.6) is 0 Å². The second-order valence-corrected chi connectivity index (χ2v) is 4.42. The van der Waals surface area contributed by atoms with E-state index >= 15 is 0 Å². The molecule has 1 rings (SSSR count). The highest BCUT2D eigenvalue weighted by atomic mass is 19.2. The fourth-order valence-corrected chi connectivity index (χ4v) is 1.83. The smallest absolute Gasteiger partial charge is 0.303 e. The molecule has 21 heavy (non-hydrogen) atoms. The first-order valence-corrected chi connectivity index (χ1v) is 6.13. The van der Waals surface area contributed by atoms with E-state index in [9.17, 15) is 23.2 Å². The van der Waals surface area contributed by atoms with Crippen molar-refractivity contribution in [2.75, 3.05) is 6.61 Å². The molecule has 0 aromatic carbocycles. The van der Waals surface area contributed by atoms with E-state index in [0.717, 1.165) is 20.8 Å². The number of carbonyl (C=O) groups is 3. The summed E-state index contributed by atoms with van der Waals surface area (Å²) < 4.78 is 46.6. The van der Waals surface area contributed by atoms with Gasteiger partial charge in [-0.05, 0) is 0 Å². The molecule has 1 heterocycles. The second kappa shape index (κ2) is 7.30. The van der Waals surface area contributed by atoms with Crippen LogP contribution < -0.4 is 0 Å². The number of ether oxygens (including phenoxy) is 4. The molecular formula is C12H16F2O7. The zero-order valence-electron chi connectivity index (χ0n) is 11.7. The third-order valence-corrected chi connectivity index (χ3v) is 2.61. The lowest BCUT2D eigenvalue weighted by Crippen LogP contribution is -2.58. The van der Waals surface area contributed by atoms with Gasteiger partial charge in [-0.1, -0.05) is 0 Å². The minimum atomic E-state index is -2.27. The first-order valence-electron chi connectivity index (χ1n) is 6.13. The first kappa shape index (κ1) is 17.3. The van der Waals surface area contributed by atoms with Crippen LogP contribution in [0, 0.1) is 0 Å². The molecule has 0 spiro atoms. The van der Waals surface area contributed by atoms with Gasteiger partial charge in [0.1, 0.15) is 12.7 Å². The van der Waals surface area contributed by atoms with Crippen LogP contribution in [0.4, 0.5) is 8.78 Å². The highest BCUT2D eigenvalue weighted by Gasteiger charge is 2.51. The highest BCUT2D eigenvalue weighted by Crippen LogP contribution is 2.29. The summed E-state index contributed by atoms with van der Waals surface area (Å²) in [5.41, 5.74) is 0. The van der Waals surface area contributed by atoms with E-state index in [1.165, 1.54) is 0 Å². The zero-order valence-corrected chi connectivity index (χ0v) is 11.7. The van der Waals surface area contributed by atoms with Crippen LogP contribution in [0.2, 0.25) is 0 Å². The molecule has 1 aliphatic heterocycles. The Kier molecular flexibility index (Phi) is 6.01. The Balaban J connectivity index is 2.86. The van der Waals surface area contributed by atoms with Gasteiger partial charge in [0.25, 0.3) is 0 Å². The normalized spacial score (nSPS) is 32.1. The fourth-order valence-electron chi connectivity index (χ4n) is 1.83. The molecule has 0 aromatic rings. The van der Waals surface area contributed by atoms with Gasteiger partial charge in [-0.2, -0.15) is 0 Å². The van der Waals surface area contributed by atoms with Crippen LogP contribution >= 0.6 is 0 Å². The third kappa shape index (κ3) is 4.92. The Morgan fingerprint density at radius 3 is 1.95 bits per heavy atom. The standard InChI is InChI=1S/C12H16F2O7/c1-5(15)18-4-8-10(19-6(2)16)9(13)11(12(14)21-8)20-7(3)17/h8-12H,4H2,1-3H3/t8-,9+,10-,11-,12+/m1/s1. The van der Waals surface area contributed by atoms with Crippen LogP contribution in [0.15, 0.2) is 0 Å². The number of alkyl halides is 2. The Morgan fingerprint density at radius 1 is 0.952 bits per heavy atom. The van der Waals surface area contributed by atoms with E-state index in [0.29, 0.717) is 0 Å². The topological polar surface area (TPSA) is 88.1 Å². The van der Waals surface area contributed by atoms with Crippen molar-refractivity contribution >= 4 is 17.9 Å². The molecule has 1 fully saturated rings. The molecule has 0 aliphatic carbocycles. The van der Waals surface area contributed by atoms with Crippen LogP contribution in [-0.2, 0) is 33.3 Å². The van der Waals surface area contributed by atoms with E-state index in [2.05, 4.69) is 9.47 Å². The van der Waals surface area contributed by atoms with Gasteiger partial charge in [0.2, 0.25) is 6.36 Å². The number of hydrogen-bond donors (Lipinski definition) is 0. The van der Waals surface area contributed by atoms with Crippen molar-refractivity contribution in [1.29, 1.82) is 0 Å². The minimum Gasteiger partial charge on any atom is -0.463 e. The number of esters is 3. The molecule has 0 unspecified atom stereocenters. The molecule has 1 saturated heterocycles. The Hall–Kier alpha value is -1.77. The summed E-state index contributed by atoms with van der Waals surface area (Å²) in [6, 6.07) is 0. The van der Waals surface area contributed by atoms with Crippen LogP contribution in [-0.4, -0.2) is 55.4 Å². The summed E-state index contributed by atoms with van der Waals surface area (Å²) in [4.78, 5) is 32.6. The molecule has 0 radical (unpaired) electrons. The molecule has 0 amide bonds. The number of hydrogen-bond acceptors (Lipinski definition) is 7. The quantitative estimate of drug-likeness (QED) is 0.550. The molecule has 0 N–H and O–H groups in total. The van der Waals surface area contributed by atoms with Crippen molar-refractivity contribution in [3.63, 3.8) is 0 Å². The second-order valence-electron chi connectivity index (χ2n) is 4.42. The lowest BCUT2D eigenvalue weighted by molar-refractivity contribution is -0.261. The van der Waals surface area contributed by atoms with Crippen LogP contribution in [0.25, 0.3) is 0 Å². The summed E-state index contributed by atoms with van der Waals surface area (Å²) in [5.74, 6) is -2.43. The maximum absolute atomic E-state index is 14.2. The average molecular weight is 310 g/mol. The molecule has 0 aromatic heterocycles. The largest absolute Gasteiger partial charge is 0.463 e. The lowest BCUT2D eigenvalue weighted by Gasteiger charge is -2.39. The van der Waals surface area contributed by atoms with Gasteiger partial charge in [0, 0.05) is 20.8 Å². The minimum absolute atomic E-state index is 0.499. The molecule has 0 bridgehead atoms. The number of halogens is 2. The SMILES string of the molecule is CC(=O)OC[C@H]1O[C@H](F)[C@H](OC(C)=O)[C@@H](F)[C@@H]1OC(C)=O. The van der Waals surface area contributed by atoms with Crippen molar-refractivity contribution in [1.82, 2.24) is 0 Å². The summed E-state index contributed by atoms with van der Waals surface area (Å²) in [6.07, 6.45) is -9.17. The van der Waals surface area contributed by atoms with E-state index < -0.39 is 55.4 Å². The Bertz CT molecular complexity index is 412. The highest BCUT2D eigenvalue weighted by molar-refractivity contribution is 5.67. The molecule has 9 heteroatoms. The van der Waals surface area contributed by atoms with Crippen molar-refractivity contribution in [3.05, 3.63) is 0 Å². The molecular weight excluding hydrogens is 294 g/mol. The monoisotopic (exact) mass is 310 g/mol. The van der Waals surface area contributed by atoms with Gasteiger partial charge in [-0.3, -0.25) is 14.4 Å². The summed E-state index contributed by atoms with van der Waals surface area (Å²) in [5, 5.41) is 0. The molecule has 0 saturated carbocycles. The number of rotatable bonds is 4. The summed E-state index contributed by atoms with van der Waals surface area (Å²) in [6.45, 7) is 2.61. The van der Waals surface area contributed by atoms with Crippen LogP contribution in [0.3, 0.4) is 0 Å². The van der Waals surface area contributed by atoms with Crippen molar-refractivity contribution in [3.8, 4) is 0 Å². The maximum atomic E-state index is 14.2. The summed E-state index contributed by atoms with van der Waals surface area (Å²) >= 11 is 0. The van der Waals surface area contributed by atoms with Gasteiger partial charge in [-0.15, -0.1) is 0 Å². The van der Waals surface area contributed by atoms with Crippen molar-refractivity contribution in [2.24, 2.45) is 0 Å². The first-order chi connectivity index (χ1) is 9.72. The van der Waals surface area contributed by atoms with Gasteiger partial charge in [0.05, 0.1) is 0 Å². The third-order valence-electron chi connectivity index (χ3n) is 2.61. The molecule has 5 atom stereocenters. The molecule has 7 nitrogen and oxygen atoms in total. The fraction of sp³-hybridized carbons (Fsp3) is 0.750. The summed E-state index contributed by atoms with van der Waals surface area (Å²) in [7, 11) is 0.